The van der Waals surface area contributed by atoms with Gasteiger partial charge in [0.2, 0.25) is 5.91 Å². The van der Waals surface area contributed by atoms with E-state index in [4.69, 9.17) is 9.47 Å². The van der Waals surface area contributed by atoms with E-state index in [2.05, 4.69) is 15.6 Å². The first kappa shape index (κ1) is 22.0. The molecule has 2 amide bonds. The van der Waals surface area contributed by atoms with Gasteiger partial charge in [0.15, 0.2) is 11.7 Å². The quantitative estimate of drug-likeness (QED) is 0.494. The van der Waals surface area contributed by atoms with Gasteiger partial charge < -0.3 is 14.8 Å². The number of aromatic nitrogens is 1. The second-order valence-corrected chi connectivity index (χ2v) is 7.17. The highest BCUT2D eigenvalue weighted by molar-refractivity contribution is 7.14. The van der Waals surface area contributed by atoms with Crippen molar-refractivity contribution in [1.82, 2.24) is 4.98 Å². The third-order valence-electron chi connectivity index (χ3n) is 3.93. The van der Waals surface area contributed by atoms with Crippen LogP contribution in [0.4, 0.5) is 10.8 Å². The Labute approximate surface area is 183 Å². The van der Waals surface area contributed by atoms with Crippen LogP contribution in [0.15, 0.2) is 60.0 Å². The number of rotatable bonds is 9. The number of nitrogens with zero attached hydrogens (tertiary/aromatic N) is 1. The number of nitrogens with one attached hydrogen (secondary N) is 2. The van der Waals surface area contributed by atoms with Crippen LogP contribution in [0.1, 0.15) is 23.0 Å². The van der Waals surface area contributed by atoms with E-state index in [1.807, 2.05) is 6.07 Å². The van der Waals surface area contributed by atoms with Crippen LogP contribution in [0.25, 0.3) is 0 Å². The van der Waals surface area contributed by atoms with Crippen LogP contribution < -0.4 is 15.4 Å². The number of esters is 1. The molecule has 0 spiro atoms. The molecule has 0 radical (unpaired) electrons. The predicted molar refractivity (Wildman–Crippen MR) is 117 cm³/mol. The molecule has 0 atom stereocenters. The number of ether oxygens (including phenoxy) is 2. The summed E-state index contributed by atoms with van der Waals surface area (Å²) in [7, 11) is 0. The molecule has 0 saturated heterocycles. The number of thiazole rings is 1. The molecule has 1 heterocycles. The fourth-order valence-corrected chi connectivity index (χ4v) is 3.29. The first-order valence-electron chi connectivity index (χ1n) is 9.52. The number of carbonyl (C=O) groups excluding carboxylic acids is 3. The maximum absolute atomic E-state index is 12.3. The molecule has 31 heavy (non-hydrogen) atoms. The smallest absolute Gasteiger partial charge is 0.344 e. The fraction of sp³-hybridized carbons (Fsp3) is 0.182. The SMILES string of the molecule is CCOC(=O)COc1cccc(NC(=O)Cc2csc(NC(=O)c3ccccc3)n2)c1. The van der Waals surface area contributed by atoms with Gasteiger partial charge in [0.25, 0.3) is 5.91 Å². The Kier molecular flexibility index (Phi) is 7.72. The van der Waals surface area contributed by atoms with Crippen LogP contribution in [-0.4, -0.2) is 36.0 Å². The number of carbonyl (C=O) groups is 3. The summed E-state index contributed by atoms with van der Waals surface area (Å²) in [6.45, 7) is 1.80. The molecular formula is C22H21N3O5S. The summed E-state index contributed by atoms with van der Waals surface area (Å²) in [6.07, 6.45) is 0.0472. The van der Waals surface area contributed by atoms with Gasteiger partial charge in [-0.1, -0.05) is 24.3 Å². The number of anilines is 2. The van der Waals surface area contributed by atoms with Gasteiger partial charge in [-0.15, -0.1) is 11.3 Å². The average Bonchev–Trinajstić information content (AvgIpc) is 3.19. The van der Waals surface area contributed by atoms with Gasteiger partial charge in [-0.05, 0) is 31.2 Å². The van der Waals surface area contributed by atoms with Crippen molar-refractivity contribution in [3.05, 3.63) is 71.2 Å². The normalized spacial score (nSPS) is 10.2. The summed E-state index contributed by atoms with van der Waals surface area (Å²) in [4.78, 5) is 40.2. The van der Waals surface area contributed by atoms with Gasteiger partial charge >= 0.3 is 5.97 Å². The van der Waals surface area contributed by atoms with Crippen LogP contribution in [0.5, 0.6) is 5.75 Å². The van der Waals surface area contributed by atoms with Crippen molar-refractivity contribution in [2.24, 2.45) is 0 Å². The van der Waals surface area contributed by atoms with Crippen molar-refractivity contribution in [3.63, 3.8) is 0 Å². The maximum Gasteiger partial charge on any atom is 0.344 e. The van der Waals surface area contributed by atoms with E-state index < -0.39 is 5.97 Å². The van der Waals surface area contributed by atoms with Crippen molar-refractivity contribution < 1.29 is 23.9 Å². The molecule has 0 fully saturated rings. The lowest BCUT2D eigenvalue weighted by atomic mass is 10.2. The highest BCUT2D eigenvalue weighted by atomic mass is 32.1. The van der Waals surface area contributed by atoms with Crippen LogP contribution in [0.2, 0.25) is 0 Å². The molecule has 0 aliphatic carbocycles. The van der Waals surface area contributed by atoms with E-state index >= 15 is 0 Å². The Bertz CT molecular complexity index is 1050. The van der Waals surface area contributed by atoms with Gasteiger partial charge in [0.05, 0.1) is 18.7 Å². The van der Waals surface area contributed by atoms with Crippen molar-refractivity contribution in [2.75, 3.05) is 23.8 Å². The fourth-order valence-electron chi connectivity index (χ4n) is 2.58. The molecule has 0 aliphatic heterocycles. The Morgan fingerprint density at radius 2 is 1.84 bits per heavy atom. The minimum absolute atomic E-state index is 0.0472. The van der Waals surface area contributed by atoms with Gasteiger partial charge in [0, 0.05) is 22.7 Å². The summed E-state index contributed by atoms with van der Waals surface area (Å²) in [5.41, 5.74) is 1.60. The van der Waals surface area contributed by atoms with Gasteiger partial charge in [-0.3, -0.25) is 14.9 Å². The minimum atomic E-state index is -0.462. The summed E-state index contributed by atoms with van der Waals surface area (Å²) < 4.78 is 10.2. The zero-order valence-corrected chi connectivity index (χ0v) is 17.6. The molecule has 2 N–H and O–H groups in total. The van der Waals surface area contributed by atoms with Crippen molar-refractivity contribution in [1.29, 1.82) is 0 Å². The molecular weight excluding hydrogens is 418 g/mol. The second-order valence-electron chi connectivity index (χ2n) is 6.31. The van der Waals surface area contributed by atoms with Crippen LogP contribution in [0, 0.1) is 0 Å². The molecule has 0 unspecified atom stereocenters. The number of hydrogen-bond donors (Lipinski definition) is 2. The molecule has 0 bridgehead atoms. The average molecular weight is 439 g/mol. The third kappa shape index (κ3) is 6.93. The Hall–Kier alpha value is -3.72. The monoisotopic (exact) mass is 439 g/mol. The lowest BCUT2D eigenvalue weighted by Gasteiger charge is -2.08. The second kappa shape index (κ2) is 10.9. The van der Waals surface area contributed by atoms with Gasteiger partial charge in [-0.25, -0.2) is 9.78 Å². The largest absolute Gasteiger partial charge is 0.482 e. The maximum atomic E-state index is 12.3. The Morgan fingerprint density at radius 3 is 2.61 bits per heavy atom. The number of amides is 2. The predicted octanol–water partition coefficient (Wildman–Crippen LogP) is 3.52. The van der Waals surface area contributed by atoms with Gasteiger partial charge in [0.1, 0.15) is 5.75 Å². The Balaban J connectivity index is 1.51. The van der Waals surface area contributed by atoms with E-state index in [1.54, 1.807) is 60.8 Å². The van der Waals surface area contributed by atoms with Crippen LogP contribution in [0.3, 0.4) is 0 Å². The minimum Gasteiger partial charge on any atom is -0.482 e. The number of benzene rings is 2. The molecule has 3 aromatic rings. The van der Waals surface area contributed by atoms with E-state index in [1.165, 1.54) is 11.3 Å². The molecule has 0 saturated carbocycles. The topological polar surface area (TPSA) is 107 Å². The molecule has 1 aromatic heterocycles. The van der Waals surface area contributed by atoms with E-state index in [0.29, 0.717) is 27.8 Å². The van der Waals surface area contributed by atoms with Crippen LogP contribution >= 0.6 is 11.3 Å². The molecule has 0 aliphatic rings. The van der Waals surface area contributed by atoms with Crippen molar-refractivity contribution in [2.45, 2.75) is 13.3 Å². The zero-order chi connectivity index (χ0) is 22.1. The van der Waals surface area contributed by atoms with Gasteiger partial charge in [-0.2, -0.15) is 0 Å². The molecule has 3 rings (SSSR count). The molecule has 2 aromatic carbocycles. The summed E-state index contributed by atoms with van der Waals surface area (Å²) in [6, 6.07) is 15.5. The summed E-state index contributed by atoms with van der Waals surface area (Å²) in [5.74, 6) is -0.555. The van der Waals surface area contributed by atoms with E-state index in [0.717, 1.165) is 0 Å². The van der Waals surface area contributed by atoms with Crippen molar-refractivity contribution in [3.8, 4) is 5.75 Å². The molecule has 8 nitrogen and oxygen atoms in total. The summed E-state index contributed by atoms with van der Waals surface area (Å²) >= 11 is 1.25. The first-order chi connectivity index (χ1) is 15.0. The highest BCUT2D eigenvalue weighted by Crippen LogP contribution is 2.19. The van der Waals surface area contributed by atoms with E-state index in [9.17, 15) is 14.4 Å². The number of hydrogen-bond acceptors (Lipinski definition) is 7. The standard InChI is InChI=1S/C22H21N3O5S/c1-2-29-20(27)13-30-18-10-6-9-16(11-18)23-19(26)12-17-14-31-22(24-17)25-21(28)15-7-4-3-5-8-15/h3-11,14H,2,12-13H2,1H3,(H,23,26)(H,24,25,28). The zero-order valence-electron chi connectivity index (χ0n) is 16.8. The van der Waals surface area contributed by atoms with Crippen molar-refractivity contribution >= 4 is 39.9 Å². The third-order valence-corrected chi connectivity index (χ3v) is 4.74. The van der Waals surface area contributed by atoms with Crippen LogP contribution in [-0.2, 0) is 20.7 Å². The Morgan fingerprint density at radius 1 is 1.03 bits per heavy atom. The first-order valence-corrected chi connectivity index (χ1v) is 10.4. The molecule has 9 heteroatoms. The summed E-state index contributed by atoms with van der Waals surface area (Å²) in [5, 5.41) is 7.63. The van der Waals surface area contributed by atoms with E-state index in [-0.39, 0.29) is 31.4 Å². The lowest BCUT2D eigenvalue weighted by Crippen LogP contribution is -2.16. The highest BCUT2D eigenvalue weighted by Gasteiger charge is 2.12. The lowest BCUT2D eigenvalue weighted by molar-refractivity contribution is -0.145. The molecule has 160 valence electrons.